The number of phenolic OH excluding ortho intramolecular Hbond substituents is 1. The van der Waals surface area contributed by atoms with Gasteiger partial charge in [0.1, 0.15) is 17.1 Å². The highest BCUT2D eigenvalue weighted by atomic mass is 16.5. The Kier molecular flexibility index (Phi) is 5.73. The van der Waals surface area contributed by atoms with Gasteiger partial charge in [-0.05, 0) is 38.1 Å². The molecule has 0 aliphatic rings. The number of anilines is 2. The van der Waals surface area contributed by atoms with Gasteiger partial charge in [-0.3, -0.25) is 0 Å². The number of carbonyl (C=O) groups excluding carboxylic acids is 1. The van der Waals surface area contributed by atoms with E-state index < -0.39 is 11.9 Å². The van der Waals surface area contributed by atoms with Crippen molar-refractivity contribution >= 4 is 23.4 Å². The fourth-order valence-corrected chi connectivity index (χ4v) is 2.66. The largest absolute Gasteiger partial charge is 0.506 e. The molecule has 0 amide bonds. The lowest BCUT2D eigenvalue weighted by Crippen LogP contribution is -2.11. The van der Waals surface area contributed by atoms with Crippen molar-refractivity contribution in [2.24, 2.45) is 0 Å². The fraction of sp³-hybridized carbons (Fsp3) is 0.143. The molecule has 0 saturated carbocycles. The number of benzene rings is 2. The van der Waals surface area contributed by atoms with E-state index in [0.29, 0.717) is 5.82 Å². The minimum atomic E-state index is -1.15. The summed E-state index contributed by atoms with van der Waals surface area (Å²) < 4.78 is 5.05. The number of rotatable bonds is 6. The third-order valence-electron chi connectivity index (χ3n) is 4.06. The number of aromatic hydroxyl groups is 1. The van der Waals surface area contributed by atoms with Crippen LogP contribution in [0.25, 0.3) is 11.4 Å². The Morgan fingerprint density at radius 1 is 1.17 bits per heavy atom. The number of carboxylic acid groups (broad SMARTS) is 1. The summed E-state index contributed by atoms with van der Waals surface area (Å²) in [7, 11) is 0. The Labute approximate surface area is 166 Å². The van der Waals surface area contributed by atoms with E-state index in [0.717, 1.165) is 11.1 Å². The molecule has 0 radical (unpaired) electrons. The zero-order chi connectivity index (χ0) is 21.0. The number of aromatic carboxylic acids is 1. The topological polar surface area (TPSA) is 122 Å². The number of aromatic nitrogens is 2. The maximum atomic E-state index is 12.3. The highest BCUT2D eigenvalue weighted by Gasteiger charge is 2.18. The Balaban J connectivity index is 2.09. The fourth-order valence-electron chi connectivity index (χ4n) is 2.66. The van der Waals surface area contributed by atoms with E-state index in [1.54, 1.807) is 6.92 Å². The van der Waals surface area contributed by atoms with Crippen LogP contribution in [0.3, 0.4) is 0 Å². The van der Waals surface area contributed by atoms with Gasteiger partial charge in [0.2, 0.25) is 0 Å². The molecular weight excluding hydrogens is 374 g/mol. The minimum absolute atomic E-state index is 0.0315. The van der Waals surface area contributed by atoms with Crippen LogP contribution in [0.1, 0.15) is 33.2 Å². The molecular formula is C21H19N3O5. The number of hydrogen-bond acceptors (Lipinski definition) is 7. The van der Waals surface area contributed by atoms with Crippen molar-refractivity contribution in [3.05, 3.63) is 65.4 Å². The monoisotopic (exact) mass is 393 g/mol. The number of phenols is 1. The zero-order valence-corrected chi connectivity index (χ0v) is 15.8. The quantitative estimate of drug-likeness (QED) is 0.427. The molecule has 0 aliphatic heterocycles. The molecule has 1 aromatic heterocycles. The number of aryl methyl sites for hydroxylation is 1. The third kappa shape index (κ3) is 4.49. The molecule has 29 heavy (non-hydrogen) atoms. The Hall–Kier alpha value is -3.94. The highest BCUT2D eigenvalue weighted by Crippen LogP contribution is 2.30. The average Bonchev–Trinajstić information content (AvgIpc) is 2.69. The van der Waals surface area contributed by atoms with Gasteiger partial charge < -0.3 is 20.3 Å². The number of esters is 1. The lowest BCUT2D eigenvalue weighted by atomic mass is 10.1. The molecule has 3 aromatic rings. The first-order chi connectivity index (χ1) is 13.9. The van der Waals surface area contributed by atoms with Crippen molar-refractivity contribution < 1.29 is 24.5 Å². The molecule has 8 heteroatoms. The molecule has 0 saturated heterocycles. The molecule has 0 unspecified atom stereocenters. The molecule has 3 rings (SSSR count). The highest BCUT2D eigenvalue weighted by molar-refractivity contribution is 5.96. The van der Waals surface area contributed by atoms with Gasteiger partial charge in [-0.2, -0.15) is 0 Å². The molecule has 1 heterocycles. The molecule has 0 spiro atoms. The first kappa shape index (κ1) is 19.8. The molecule has 8 nitrogen and oxygen atoms in total. The van der Waals surface area contributed by atoms with Crippen LogP contribution in [-0.4, -0.2) is 38.7 Å². The van der Waals surface area contributed by atoms with Crippen molar-refractivity contribution in [2.45, 2.75) is 13.8 Å². The van der Waals surface area contributed by atoms with Crippen molar-refractivity contribution in [2.75, 3.05) is 11.9 Å². The van der Waals surface area contributed by atoms with Crippen molar-refractivity contribution in [1.29, 1.82) is 0 Å². The molecule has 148 valence electrons. The molecule has 0 fully saturated rings. The Bertz CT molecular complexity index is 1080. The van der Waals surface area contributed by atoms with Gasteiger partial charge in [-0.25, -0.2) is 19.6 Å². The summed E-state index contributed by atoms with van der Waals surface area (Å²) >= 11 is 0. The van der Waals surface area contributed by atoms with Crippen LogP contribution in [-0.2, 0) is 4.74 Å². The van der Waals surface area contributed by atoms with E-state index in [2.05, 4.69) is 15.3 Å². The van der Waals surface area contributed by atoms with Gasteiger partial charge in [0.15, 0.2) is 5.82 Å². The maximum Gasteiger partial charge on any atom is 0.343 e. The second-order valence-electron chi connectivity index (χ2n) is 6.21. The van der Waals surface area contributed by atoms with Crippen LogP contribution in [0.2, 0.25) is 0 Å². The lowest BCUT2D eigenvalue weighted by molar-refractivity contribution is 0.0526. The molecule has 2 aromatic carbocycles. The standard InChI is InChI=1S/C21H19N3O5/c1-3-29-21(28)15-11-22-18(13-6-4-5-12(2)9-13)24-19(15)23-16-10-14(20(26)27)7-8-17(16)25/h4-11,25H,3H2,1-2H3,(H,26,27)(H,22,23,24). The van der Waals surface area contributed by atoms with Gasteiger partial charge in [-0.1, -0.05) is 23.8 Å². The van der Waals surface area contributed by atoms with Gasteiger partial charge in [-0.15, -0.1) is 0 Å². The smallest absolute Gasteiger partial charge is 0.343 e. The van der Waals surface area contributed by atoms with E-state index in [1.165, 1.54) is 24.4 Å². The summed E-state index contributed by atoms with van der Waals surface area (Å²) in [6, 6.07) is 11.3. The Morgan fingerprint density at radius 3 is 2.66 bits per heavy atom. The zero-order valence-electron chi connectivity index (χ0n) is 15.8. The van der Waals surface area contributed by atoms with Gasteiger partial charge in [0, 0.05) is 11.8 Å². The number of nitrogens with one attached hydrogen (secondary N) is 1. The van der Waals surface area contributed by atoms with Crippen LogP contribution in [0, 0.1) is 6.92 Å². The van der Waals surface area contributed by atoms with Crippen LogP contribution in [0.15, 0.2) is 48.7 Å². The number of carbonyl (C=O) groups is 2. The summed E-state index contributed by atoms with van der Waals surface area (Å²) in [6.07, 6.45) is 1.34. The van der Waals surface area contributed by atoms with Crippen LogP contribution >= 0.6 is 0 Å². The summed E-state index contributed by atoms with van der Waals surface area (Å²) in [5.41, 5.74) is 1.87. The summed E-state index contributed by atoms with van der Waals surface area (Å²) in [5.74, 6) is -1.53. The van der Waals surface area contributed by atoms with Gasteiger partial charge in [0.25, 0.3) is 0 Å². The number of ether oxygens (including phenoxy) is 1. The van der Waals surface area contributed by atoms with E-state index in [-0.39, 0.29) is 35.0 Å². The molecule has 0 atom stereocenters. The molecule has 0 bridgehead atoms. The van der Waals surface area contributed by atoms with Gasteiger partial charge in [0.05, 0.1) is 17.9 Å². The predicted molar refractivity (Wildman–Crippen MR) is 107 cm³/mol. The summed E-state index contributed by atoms with van der Waals surface area (Å²) in [6.45, 7) is 3.78. The minimum Gasteiger partial charge on any atom is -0.506 e. The van der Waals surface area contributed by atoms with Crippen molar-refractivity contribution in [1.82, 2.24) is 9.97 Å². The second-order valence-corrected chi connectivity index (χ2v) is 6.21. The van der Waals surface area contributed by atoms with E-state index in [9.17, 15) is 19.8 Å². The lowest BCUT2D eigenvalue weighted by Gasteiger charge is -2.13. The Morgan fingerprint density at radius 2 is 1.97 bits per heavy atom. The number of carboxylic acids is 1. The summed E-state index contributed by atoms with van der Waals surface area (Å²) in [4.78, 5) is 32.2. The average molecular weight is 393 g/mol. The van der Waals surface area contributed by atoms with Crippen LogP contribution in [0.5, 0.6) is 5.75 Å². The first-order valence-electron chi connectivity index (χ1n) is 8.83. The van der Waals surface area contributed by atoms with Crippen LogP contribution in [0.4, 0.5) is 11.5 Å². The predicted octanol–water partition coefficient (Wildman–Crippen LogP) is 3.78. The van der Waals surface area contributed by atoms with E-state index in [4.69, 9.17) is 4.74 Å². The van der Waals surface area contributed by atoms with Crippen molar-refractivity contribution in [3.63, 3.8) is 0 Å². The maximum absolute atomic E-state index is 12.3. The number of hydrogen-bond donors (Lipinski definition) is 3. The van der Waals surface area contributed by atoms with Crippen molar-refractivity contribution in [3.8, 4) is 17.1 Å². The third-order valence-corrected chi connectivity index (χ3v) is 4.06. The molecule has 0 aliphatic carbocycles. The van der Waals surface area contributed by atoms with E-state index in [1.807, 2.05) is 31.2 Å². The normalized spacial score (nSPS) is 10.4. The van der Waals surface area contributed by atoms with Crippen LogP contribution < -0.4 is 5.32 Å². The first-order valence-corrected chi connectivity index (χ1v) is 8.83. The number of nitrogens with zero attached hydrogens (tertiary/aromatic N) is 2. The van der Waals surface area contributed by atoms with E-state index >= 15 is 0 Å². The second kappa shape index (κ2) is 8.39. The SMILES string of the molecule is CCOC(=O)c1cnc(-c2cccc(C)c2)nc1Nc1cc(C(=O)O)ccc1O. The molecule has 3 N–H and O–H groups in total. The van der Waals surface area contributed by atoms with Gasteiger partial charge >= 0.3 is 11.9 Å². The summed E-state index contributed by atoms with van der Waals surface area (Å²) in [5, 5.41) is 22.1.